The first-order valence-corrected chi connectivity index (χ1v) is 6.89. The third-order valence-electron chi connectivity index (χ3n) is 3.11. The molecule has 3 aromatic rings. The summed E-state index contributed by atoms with van der Waals surface area (Å²) >= 11 is 0. The summed E-state index contributed by atoms with van der Waals surface area (Å²) in [5.74, 6) is 1.22. The normalized spacial score (nSPS) is 11.3. The topological polar surface area (TPSA) is 55.1 Å². The second-order valence-electron chi connectivity index (χ2n) is 4.88. The van der Waals surface area contributed by atoms with Crippen molar-refractivity contribution in [2.24, 2.45) is 0 Å². The smallest absolute Gasteiger partial charge is 0.254 e. The van der Waals surface area contributed by atoms with Crippen LogP contribution in [-0.4, -0.2) is 26.1 Å². The predicted molar refractivity (Wildman–Crippen MR) is 84.2 cm³/mol. The van der Waals surface area contributed by atoms with Crippen molar-refractivity contribution in [1.82, 2.24) is 19.6 Å². The van der Waals surface area contributed by atoms with Gasteiger partial charge in [-0.25, -0.2) is 4.98 Å². The first-order valence-electron chi connectivity index (χ1n) is 6.89. The van der Waals surface area contributed by atoms with E-state index < -0.39 is 0 Å². The van der Waals surface area contributed by atoms with Gasteiger partial charge in [-0.15, -0.1) is 5.10 Å². The standard InChI is InChI=1S/C16H17N5/c1-12-11-13(2)21-16(18-12)19-15(20-21)17-10-6-9-14-7-4-3-5-8-14/h3-9,11H,10H2,1-2H3,(H,17,20)/b9-6+. The number of hydrogen-bond donors (Lipinski definition) is 1. The van der Waals surface area contributed by atoms with Crippen molar-refractivity contribution in [2.75, 3.05) is 11.9 Å². The van der Waals surface area contributed by atoms with Gasteiger partial charge in [-0.3, -0.25) is 0 Å². The van der Waals surface area contributed by atoms with Crippen molar-refractivity contribution in [2.45, 2.75) is 13.8 Å². The molecule has 0 spiro atoms. The number of anilines is 1. The molecule has 0 saturated carbocycles. The summed E-state index contributed by atoms with van der Waals surface area (Å²) < 4.78 is 1.75. The Balaban J connectivity index is 1.68. The molecule has 21 heavy (non-hydrogen) atoms. The number of aryl methyl sites for hydroxylation is 2. The monoisotopic (exact) mass is 279 g/mol. The molecule has 0 aliphatic rings. The first-order chi connectivity index (χ1) is 10.2. The Morgan fingerprint density at radius 3 is 2.76 bits per heavy atom. The van der Waals surface area contributed by atoms with Crippen LogP contribution in [0, 0.1) is 13.8 Å². The van der Waals surface area contributed by atoms with Crippen LogP contribution in [0.3, 0.4) is 0 Å². The zero-order chi connectivity index (χ0) is 14.7. The molecule has 2 heterocycles. The van der Waals surface area contributed by atoms with Gasteiger partial charge in [0.1, 0.15) is 0 Å². The molecule has 0 radical (unpaired) electrons. The van der Waals surface area contributed by atoms with E-state index in [9.17, 15) is 0 Å². The van der Waals surface area contributed by atoms with E-state index in [1.807, 2.05) is 44.2 Å². The number of benzene rings is 1. The lowest BCUT2D eigenvalue weighted by molar-refractivity contribution is 0.885. The van der Waals surface area contributed by atoms with Gasteiger partial charge in [0.15, 0.2) is 0 Å². The van der Waals surface area contributed by atoms with Crippen molar-refractivity contribution >= 4 is 17.8 Å². The van der Waals surface area contributed by atoms with Crippen LogP contribution >= 0.6 is 0 Å². The summed E-state index contributed by atoms with van der Waals surface area (Å²) in [6.07, 6.45) is 4.11. The van der Waals surface area contributed by atoms with E-state index in [0.717, 1.165) is 11.4 Å². The number of aromatic nitrogens is 4. The molecular formula is C16H17N5. The Morgan fingerprint density at radius 2 is 1.95 bits per heavy atom. The molecule has 1 N–H and O–H groups in total. The van der Waals surface area contributed by atoms with Gasteiger partial charge in [-0.1, -0.05) is 42.5 Å². The van der Waals surface area contributed by atoms with Crippen molar-refractivity contribution in [3.05, 3.63) is 59.4 Å². The molecular weight excluding hydrogens is 262 g/mol. The summed E-state index contributed by atoms with van der Waals surface area (Å²) in [7, 11) is 0. The molecule has 3 rings (SSSR count). The second-order valence-corrected chi connectivity index (χ2v) is 4.88. The van der Waals surface area contributed by atoms with Crippen LogP contribution in [-0.2, 0) is 0 Å². The molecule has 0 amide bonds. The highest BCUT2D eigenvalue weighted by Crippen LogP contribution is 2.08. The highest BCUT2D eigenvalue weighted by molar-refractivity contribution is 5.49. The van der Waals surface area contributed by atoms with Gasteiger partial charge >= 0.3 is 0 Å². The lowest BCUT2D eigenvalue weighted by Crippen LogP contribution is -2.00. The number of rotatable bonds is 4. The average molecular weight is 279 g/mol. The zero-order valence-electron chi connectivity index (χ0n) is 12.1. The molecule has 0 unspecified atom stereocenters. The van der Waals surface area contributed by atoms with Gasteiger partial charge in [0.05, 0.1) is 0 Å². The highest BCUT2D eigenvalue weighted by Gasteiger charge is 2.06. The lowest BCUT2D eigenvalue weighted by atomic mass is 10.2. The minimum absolute atomic E-state index is 0.592. The van der Waals surface area contributed by atoms with E-state index in [-0.39, 0.29) is 0 Å². The summed E-state index contributed by atoms with van der Waals surface area (Å²) in [4.78, 5) is 8.74. The van der Waals surface area contributed by atoms with E-state index >= 15 is 0 Å². The Labute approximate surface area is 123 Å². The average Bonchev–Trinajstić information content (AvgIpc) is 2.88. The maximum atomic E-state index is 4.40. The van der Waals surface area contributed by atoms with Crippen molar-refractivity contribution in [3.8, 4) is 0 Å². The molecule has 1 aromatic carbocycles. The fraction of sp³-hybridized carbons (Fsp3) is 0.188. The van der Waals surface area contributed by atoms with Gasteiger partial charge in [0, 0.05) is 17.9 Å². The number of hydrogen-bond acceptors (Lipinski definition) is 4. The van der Waals surface area contributed by atoms with Crippen molar-refractivity contribution in [3.63, 3.8) is 0 Å². The Bertz CT molecular complexity index is 774. The van der Waals surface area contributed by atoms with Gasteiger partial charge in [0.2, 0.25) is 5.95 Å². The maximum Gasteiger partial charge on any atom is 0.254 e. The molecule has 106 valence electrons. The van der Waals surface area contributed by atoms with Gasteiger partial charge in [-0.05, 0) is 25.5 Å². The van der Waals surface area contributed by atoms with Crippen LogP contribution in [0.1, 0.15) is 17.0 Å². The lowest BCUT2D eigenvalue weighted by Gasteiger charge is -1.97. The van der Waals surface area contributed by atoms with Gasteiger partial charge in [-0.2, -0.15) is 9.50 Å². The minimum atomic E-state index is 0.592. The van der Waals surface area contributed by atoms with E-state index in [4.69, 9.17) is 0 Å². The van der Waals surface area contributed by atoms with E-state index in [0.29, 0.717) is 18.3 Å². The first kappa shape index (κ1) is 13.3. The molecule has 5 heteroatoms. The quantitative estimate of drug-likeness (QED) is 0.798. The molecule has 0 aliphatic heterocycles. The number of nitrogens with zero attached hydrogens (tertiary/aromatic N) is 4. The molecule has 0 atom stereocenters. The third-order valence-corrected chi connectivity index (χ3v) is 3.11. The Morgan fingerprint density at radius 1 is 1.14 bits per heavy atom. The summed E-state index contributed by atoms with van der Waals surface area (Å²) in [6, 6.07) is 12.2. The summed E-state index contributed by atoms with van der Waals surface area (Å²) in [5.41, 5.74) is 3.15. The Kier molecular flexibility index (Phi) is 3.64. The predicted octanol–water partition coefficient (Wildman–Crippen LogP) is 2.87. The van der Waals surface area contributed by atoms with E-state index in [1.165, 1.54) is 5.56 Å². The van der Waals surface area contributed by atoms with Gasteiger partial charge < -0.3 is 5.32 Å². The Hall–Kier alpha value is -2.69. The van der Waals surface area contributed by atoms with Crippen LogP contribution in [0.4, 0.5) is 5.95 Å². The van der Waals surface area contributed by atoms with Gasteiger partial charge in [0.25, 0.3) is 5.78 Å². The SMILES string of the molecule is Cc1cc(C)n2nc(NC/C=C/c3ccccc3)nc2n1. The number of nitrogens with one attached hydrogen (secondary N) is 1. The molecule has 0 fully saturated rings. The van der Waals surface area contributed by atoms with E-state index in [2.05, 4.69) is 38.6 Å². The van der Waals surface area contributed by atoms with Crippen LogP contribution in [0.5, 0.6) is 0 Å². The van der Waals surface area contributed by atoms with Crippen molar-refractivity contribution < 1.29 is 0 Å². The molecule has 0 aliphatic carbocycles. The van der Waals surface area contributed by atoms with Crippen LogP contribution in [0.25, 0.3) is 11.9 Å². The largest absolute Gasteiger partial charge is 0.349 e. The van der Waals surface area contributed by atoms with Crippen LogP contribution < -0.4 is 5.32 Å². The summed E-state index contributed by atoms with van der Waals surface area (Å²) in [6.45, 7) is 4.62. The zero-order valence-corrected chi connectivity index (χ0v) is 12.1. The molecule has 0 bridgehead atoms. The van der Waals surface area contributed by atoms with Crippen LogP contribution in [0.15, 0.2) is 42.5 Å². The third kappa shape index (κ3) is 3.08. The second kappa shape index (κ2) is 5.75. The molecule has 0 saturated heterocycles. The molecule has 2 aromatic heterocycles. The maximum absolute atomic E-state index is 4.40. The van der Waals surface area contributed by atoms with E-state index in [1.54, 1.807) is 4.52 Å². The van der Waals surface area contributed by atoms with Crippen molar-refractivity contribution in [1.29, 1.82) is 0 Å². The molecule has 5 nitrogen and oxygen atoms in total. The number of fused-ring (bicyclic) bond motifs is 1. The van der Waals surface area contributed by atoms with Crippen LogP contribution in [0.2, 0.25) is 0 Å². The fourth-order valence-electron chi connectivity index (χ4n) is 2.15. The highest BCUT2D eigenvalue weighted by atomic mass is 15.4. The minimum Gasteiger partial charge on any atom is -0.349 e. The summed E-state index contributed by atoms with van der Waals surface area (Å²) in [5, 5.41) is 7.58. The fourth-order valence-corrected chi connectivity index (χ4v) is 2.15.